The Morgan fingerprint density at radius 3 is 2.42 bits per heavy atom. The molecule has 3 N–H and O–H groups in total. The van der Waals surface area contributed by atoms with E-state index in [4.69, 9.17) is 5.84 Å². The molecule has 1 unspecified atom stereocenters. The van der Waals surface area contributed by atoms with E-state index in [0.29, 0.717) is 0 Å². The average molecular weight is 261 g/mol. The second-order valence-corrected chi connectivity index (χ2v) is 5.13. The summed E-state index contributed by atoms with van der Waals surface area (Å²) < 4.78 is 0. The summed E-state index contributed by atoms with van der Waals surface area (Å²) >= 11 is 0. The molecule has 1 rings (SSSR count). The Hall–Kier alpha value is -1.32. The molecule has 0 aromatic heterocycles. The number of hydrogen-bond acceptors (Lipinski definition) is 3. The number of nitrogens with one attached hydrogen (secondary N) is 1. The molecule has 0 aliphatic rings. The number of hydrazine groups is 1. The highest BCUT2D eigenvalue weighted by atomic mass is 15.2. The van der Waals surface area contributed by atoms with Gasteiger partial charge < -0.3 is 4.90 Å². The van der Waals surface area contributed by atoms with Gasteiger partial charge in [-0.15, -0.1) is 6.58 Å². The lowest BCUT2D eigenvalue weighted by molar-refractivity contribution is 0.484. The highest BCUT2D eigenvalue weighted by molar-refractivity contribution is 5.46. The van der Waals surface area contributed by atoms with E-state index < -0.39 is 0 Å². The molecule has 19 heavy (non-hydrogen) atoms. The summed E-state index contributed by atoms with van der Waals surface area (Å²) in [6, 6.07) is 8.84. The van der Waals surface area contributed by atoms with Crippen LogP contribution in [0, 0.1) is 0 Å². The smallest absolute Gasteiger partial charge is 0.0460 e. The number of unbranched alkanes of at least 4 members (excludes halogenated alkanes) is 3. The first-order valence-corrected chi connectivity index (χ1v) is 7.03. The Labute approximate surface area is 117 Å². The number of hydrogen-bond donors (Lipinski definition) is 2. The summed E-state index contributed by atoms with van der Waals surface area (Å²) in [5, 5.41) is 0. The molecule has 3 heteroatoms. The SMILES string of the molecule is C=CCCCCCC(NN)c1ccc(N(C)C)cc1. The number of anilines is 1. The van der Waals surface area contributed by atoms with Crippen molar-refractivity contribution in [3.8, 4) is 0 Å². The zero-order valence-corrected chi connectivity index (χ0v) is 12.2. The van der Waals surface area contributed by atoms with Gasteiger partial charge in [-0.25, -0.2) is 0 Å². The minimum Gasteiger partial charge on any atom is -0.378 e. The van der Waals surface area contributed by atoms with Gasteiger partial charge in [0, 0.05) is 25.8 Å². The molecule has 0 fully saturated rings. The molecule has 1 atom stereocenters. The lowest BCUT2D eigenvalue weighted by Crippen LogP contribution is -2.28. The number of nitrogens with zero attached hydrogens (tertiary/aromatic N) is 1. The van der Waals surface area contributed by atoms with Crippen LogP contribution in [0.5, 0.6) is 0 Å². The number of nitrogens with two attached hydrogens (primary N) is 1. The highest BCUT2D eigenvalue weighted by Crippen LogP contribution is 2.22. The van der Waals surface area contributed by atoms with E-state index in [1.54, 1.807) is 0 Å². The third-order valence-electron chi connectivity index (χ3n) is 3.41. The first-order chi connectivity index (χ1) is 9.19. The van der Waals surface area contributed by atoms with Gasteiger partial charge in [-0.1, -0.05) is 31.1 Å². The van der Waals surface area contributed by atoms with Gasteiger partial charge in [0.05, 0.1) is 0 Å². The van der Waals surface area contributed by atoms with Gasteiger partial charge in [0.15, 0.2) is 0 Å². The van der Waals surface area contributed by atoms with Crippen molar-refractivity contribution < 1.29 is 0 Å². The molecule has 1 aromatic rings. The zero-order chi connectivity index (χ0) is 14.1. The molecule has 0 saturated carbocycles. The van der Waals surface area contributed by atoms with Crippen LogP contribution >= 0.6 is 0 Å². The van der Waals surface area contributed by atoms with Crippen LogP contribution in [-0.4, -0.2) is 14.1 Å². The van der Waals surface area contributed by atoms with Crippen molar-refractivity contribution in [2.75, 3.05) is 19.0 Å². The molecule has 0 aliphatic heterocycles. The fourth-order valence-corrected chi connectivity index (χ4v) is 2.16. The fraction of sp³-hybridized carbons (Fsp3) is 0.500. The van der Waals surface area contributed by atoms with Crippen molar-refractivity contribution in [1.29, 1.82) is 0 Å². The molecule has 0 amide bonds. The number of rotatable bonds is 9. The third-order valence-corrected chi connectivity index (χ3v) is 3.41. The van der Waals surface area contributed by atoms with Gasteiger partial charge in [0.2, 0.25) is 0 Å². The first kappa shape index (κ1) is 15.7. The molecule has 1 aromatic carbocycles. The normalized spacial score (nSPS) is 12.2. The van der Waals surface area contributed by atoms with Crippen LogP contribution < -0.4 is 16.2 Å². The highest BCUT2D eigenvalue weighted by Gasteiger charge is 2.09. The Morgan fingerprint density at radius 1 is 1.21 bits per heavy atom. The molecule has 106 valence electrons. The van der Waals surface area contributed by atoms with Crippen LogP contribution in [0.15, 0.2) is 36.9 Å². The lowest BCUT2D eigenvalue weighted by Gasteiger charge is -2.18. The van der Waals surface area contributed by atoms with Gasteiger partial charge in [-0.3, -0.25) is 11.3 Å². The van der Waals surface area contributed by atoms with Gasteiger partial charge in [-0.2, -0.15) is 0 Å². The largest absolute Gasteiger partial charge is 0.378 e. The Balaban J connectivity index is 2.47. The second-order valence-electron chi connectivity index (χ2n) is 5.13. The quantitative estimate of drug-likeness (QED) is 0.310. The minimum absolute atomic E-state index is 0.250. The third kappa shape index (κ3) is 5.45. The summed E-state index contributed by atoms with van der Waals surface area (Å²) in [7, 11) is 4.10. The molecule has 0 aliphatic carbocycles. The fourth-order valence-electron chi connectivity index (χ4n) is 2.16. The Kier molecular flexibility index (Phi) is 7.23. The molecular formula is C16H27N3. The second kappa shape index (κ2) is 8.73. The summed E-state index contributed by atoms with van der Waals surface area (Å²) in [5.74, 6) is 5.67. The summed E-state index contributed by atoms with van der Waals surface area (Å²) in [6.07, 6.45) is 7.82. The molecule has 0 radical (unpaired) electrons. The molecule has 0 bridgehead atoms. The summed E-state index contributed by atoms with van der Waals surface area (Å²) in [6.45, 7) is 3.74. The predicted molar refractivity (Wildman–Crippen MR) is 84.1 cm³/mol. The van der Waals surface area contributed by atoms with Crippen LogP contribution in [0.4, 0.5) is 5.69 Å². The van der Waals surface area contributed by atoms with Crippen molar-refractivity contribution in [1.82, 2.24) is 5.43 Å². The van der Waals surface area contributed by atoms with E-state index in [1.807, 2.05) is 20.2 Å². The van der Waals surface area contributed by atoms with Crippen molar-refractivity contribution in [3.05, 3.63) is 42.5 Å². The Bertz CT molecular complexity index is 357. The summed E-state index contributed by atoms with van der Waals surface area (Å²) in [4.78, 5) is 2.10. The monoisotopic (exact) mass is 261 g/mol. The average Bonchev–Trinajstić information content (AvgIpc) is 2.43. The number of allylic oxidation sites excluding steroid dienone is 1. The lowest BCUT2D eigenvalue weighted by atomic mass is 10.00. The predicted octanol–water partition coefficient (Wildman–Crippen LogP) is 3.39. The topological polar surface area (TPSA) is 41.3 Å². The van der Waals surface area contributed by atoms with Gasteiger partial charge >= 0.3 is 0 Å². The molecule has 3 nitrogen and oxygen atoms in total. The number of benzene rings is 1. The van der Waals surface area contributed by atoms with Crippen LogP contribution in [0.2, 0.25) is 0 Å². The van der Waals surface area contributed by atoms with Crippen molar-refractivity contribution in [2.24, 2.45) is 5.84 Å². The molecular weight excluding hydrogens is 234 g/mol. The van der Waals surface area contributed by atoms with Crippen LogP contribution in [0.1, 0.15) is 43.7 Å². The van der Waals surface area contributed by atoms with E-state index in [-0.39, 0.29) is 6.04 Å². The van der Waals surface area contributed by atoms with Gasteiger partial charge in [0.25, 0.3) is 0 Å². The minimum atomic E-state index is 0.250. The maximum atomic E-state index is 5.67. The Morgan fingerprint density at radius 2 is 1.89 bits per heavy atom. The van der Waals surface area contributed by atoms with Crippen molar-refractivity contribution >= 4 is 5.69 Å². The molecule has 0 saturated heterocycles. The standard InChI is InChI=1S/C16H27N3/c1-4-5-6-7-8-9-16(18-17)14-10-12-15(13-11-14)19(2)3/h4,10-13,16,18H,1,5-9,17H2,2-3H3. The van der Waals surface area contributed by atoms with E-state index in [0.717, 1.165) is 12.8 Å². The van der Waals surface area contributed by atoms with E-state index in [9.17, 15) is 0 Å². The van der Waals surface area contributed by atoms with Crippen LogP contribution in [-0.2, 0) is 0 Å². The maximum Gasteiger partial charge on any atom is 0.0460 e. The molecule has 0 spiro atoms. The van der Waals surface area contributed by atoms with E-state index >= 15 is 0 Å². The van der Waals surface area contributed by atoms with Gasteiger partial charge in [0.1, 0.15) is 0 Å². The van der Waals surface area contributed by atoms with Crippen LogP contribution in [0.25, 0.3) is 0 Å². The van der Waals surface area contributed by atoms with E-state index in [1.165, 1.54) is 30.5 Å². The summed E-state index contributed by atoms with van der Waals surface area (Å²) in [5.41, 5.74) is 5.40. The molecule has 0 heterocycles. The maximum absolute atomic E-state index is 5.67. The van der Waals surface area contributed by atoms with Gasteiger partial charge in [-0.05, 0) is 37.0 Å². The first-order valence-electron chi connectivity index (χ1n) is 7.03. The van der Waals surface area contributed by atoms with Crippen molar-refractivity contribution in [3.63, 3.8) is 0 Å². The zero-order valence-electron chi connectivity index (χ0n) is 12.2. The van der Waals surface area contributed by atoms with Crippen molar-refractivity contribution in [2.45, 2.75) is 38.1 Å². The van der Waals surface area contributed by atoms with Crippen LogP contribution in [0.3, 0.4) is 0 Å². The van der Waals surface area contributed by atoms with E-state index in [2.05, 4.69) is 41.2 Å².